The van der Waals surface area contributed by atoms with E-state index >= 15 is 0 Å². The SMILES string of the molecule is NCCNCCNC(N)=S. The van der Waals surface area contributed by atoms with Crippen LogP contribution < -0.4 is 22.1 Å². The summed E-state index contributed by atoms with van der Waals surface area (Å²) < 4.78 is 0. The molecule has 0 saturated carbocycles. The second-order valence-electron chi connectivity index (χ2n) is 1.83. The van der Waals surface area contributed by atoms with Gasteiger partial charge in [0.25, 0.3) is 0 Å². The molecular weight excluding hydrogens is 148 g/mol. The minimum atomic E-state index is 0.342. The predicted molar refractivity (Wildman–Crippen MR) is 46.7 cm³/mol. The van der Waals surface area contributed by atoms with Gasteiger partial charge in [-0.1, -0.05) is 0 Å². The maximum Gasteiger partial charge on any atom is 0.163 e. The molecular formula is C5H14N4S. The Morgan fingerprint density at radius 1 is 1.30 bits per heavy atom. The molecule has 5 heteroatoms. The van der Waals surface area contributed by atoms with Gasteiger partial charge in [-0.05, 0) is 12.2 Å². The van der Waals surface area contributed by atoms with Crippen LogP contribution in [0.1, 0.15) is 0 Å². The minimum absolute atomic E-state index is 0.342. The fraction of sp³-hybridized carbons (Fsp3) is 0.800. The van der Waals surface area contributed by atoms with Crippen molar-refractivity contribution < 1.29 is 0 Å². The average molecular weight is 162 g/mol. The number of hydrogen-bond donors (Lipinski definition) is 4. The van der Waals surface area contributed by atoms with E-state index in [1.54, 1.807) is 0 Å². The Labute approximate surface area is 66.3 Å². The Balaban J connectivity index is 2.84. The molecule has 0 radical (unpaired) electrons. The van der Waals surface area contributed by atoms with Crippen molar-refractivity contribution in [2.45, 2.75) is 0 Å². The van der Waals surface area contributed by atoms with E-state index in [1.807, 2.05) is 0 Å². The van der Waals surface area contributed by atoms with Crippen LogP contribution in [0.25, 0.3) is 0 Å². The van der Waals surface area contributed by atoms with Crippen LogP contribution in [0.2, 0.25) is 0 Å². The molecule has 0 bridgehead atoms. The first kappa shape index (κ1) is 9.61. The Morgan fingerprint density at radius 2 is 2.00 bits per heavy atom. The van der Waals surface area contributed by atoms with Gasteiger partial charge in [0, 0.05) is 26.2 Å². The molecule has 60 valence electrons. The highest BCUT2D eigenvalue weighted by Crippen LogP contribution is 1.58. The lowest BCUT2D eigenvalue weighted by Crippen LogP contribution is -2.36. The van der Waals surface area contributed by atoms with Gasteiger partial charge in [-0.2, -0.15) is 0 Å². The van der Waals surface area contributed by atoms with E-state index in [4.69, 9.17) is 11.5 Å². The summed E-state index contributed by atoms with van der Waals surface area (Å²) >= 11 is 4.59. The Bertz CT molecular complexity index is 95.6. The first-order chi connectivity index (χ1) is 4.77. The van der Waals surface area contributed by atoms with E-state index in [2.05, 4.69) is 22.9 Å². The number of nitrogens with one attached hydrogen (secondary N) is 2. The van der Waals surface area contributed by atoms with E-state index in [9.17, 15) is 0 Å². The van der Waals surface area contributed by atoms with Crippen LogP contribution in [0, 0.1) is 0 Å². The summed E-state index contributed by atoms with van der Waals surface area (Å²) in [6, 6.07) is 0. The van der Waals surface area contributed by atoms with E-state index < -0.39 is 0 Å². The van der Waals surface area contributed by atoms with Gasteiger partial charge < -0.3 is 22.1 Å². The summed E-state index contributed by atoms with van der Waals surface area (Å²) in [5, 5.41) is 6.24. The van der Waals surface area contributed by atoms with Crippen LogP contribution in [-0.4, -0.2) is 31.3 Å². The number of hydrogen-bond acceptors (Lipinski definition) is 3. The molecule has 0 atom stereocenters. The largest absolute Gasteiger partial charge is 0.376 e. The van der Waals surface area contributed by atoms with Gasteiger partial charge in [-0.3, -0.25) is 0 Å². The lowest BCUT2D eigenvalue weighted by molar-refractivity contribution is 0.675. The zero-order chi connectivity index (χ0) is 7.82. The maximum atomic E-state index is 5.24. The standard InChI is InChI=1S/C5H14N4S/c6-1-2-8-3-4-9-5(7)10/h8H,1-4,6H2,(H3,7,9,10). The fourth-order valence-electron chi connectivity index (χ4n) is 0.501. The lowest BCUT2D eigenvalue weighted by atomic mass is 10.5. The van der Waals surface area contributed by atoms with Gasteiger partial charge in [-0.25, -0.2) is 0 Å². The third kappa shape index (κ3) is 7.61. The van der Waals surface area contributed by atoms with Crippen molar-refractivity contribution in [1.29, 1.82) is 0 Å². The van der Waals surface area contributed by atoms with Gasteiger partial charge in [0.2, 0.25) is 0 Å². The second kappa shape index (κ2) is 6.73. The summed E-state index contributed by atoms with van der Waals surface area (Å²) in [6.07, 6.45) is 0. The van der Waals surface area contributed by atoms with Crippen LogP contribution in [0.15, 0.2) is 0 Å². The molecule has 6 N–H and O–H groups in total. The predicted octanol–water partition coefficient (Wildman–Crippen LogP) is -1.63. The summed E-state index contributed by atoms with van der Waals surface area (Å²) in [5.41, 5.74) is 10.4. The third-order valence-electron chi connectivity index (χ3n) is 0.922. The first-order valence-corrected chi connectivity index (χ1v) is 3.62. The van der Waals surface area contributed by atoms with Gasteiger partial charge >= 0.3 is 0 Å². The van der Waals surface area contributed by atoms with E-state index in [0.29, 0.717) is 11.7 Å². The van der Waals surface area contributed by atoms with Crippen LogP contribution in [-0.2, 0) is 0 Å². The summed E-state index contributed by atoms with van der Waals surface area (Å²) in [7, 11) is 0. The molecule has 0 aromatic rings. The Morgan fingerprint density at radius 3 is 2.50 bits per heavy atom. The zero-order valence-corrected chi connectivity index (χ0v) is 6.71. The van der Waals surface area contributed by atoms with Crippen molar-refractivity contribution >= 4 is 17.3 Å². The van der Waals surface area contributed by atoms with Crippen molar-refractivity contribution in [3.63, 3.8) is 0 Å². The molecule has 0 spiro atoms. The minimum Gasteiger partial charge on any atom is -0.376 e. The molecule has 0 amide bonds. The topological polar surface area (TPSA) is 76.1 Å². The fourth-order valence-corrected chi connectivity index (χ4v) is 0.603. The zero-order valence-electron chi connectivity index (χ0n) is 5.89. The molecule has 0 fully saturated rings. The highest BCUT2D eigenvalue weighted by atomic mass is 32.1. The van der Waals surface area contributed by atoms with Crippen molar-refractivity contribution in [2.75, 3.05) is 26.2 Å². The smallest absolute Gasteiger partial charge is 0.163 e. The molecule has 0 aliphatic carbocycles. The summed E-state index contributed by atoms with van der Waals surface area (Å²) in [4.78, 5) is 0. The molecule has 10 heavy (non-hydrogen) atoms. The molecule has 0 aliphatic rings. The molecule has 0 heterocycles. The van der Waals surface area contributed by atoms with E-state index in [1.165, 1.54) is 0 Å². The van der Waals surface area contributed by atoms with Gasteiger partial charge in [0.1, 0.15) is 0 Å². The van der Waals surface area contributed by atoms with E-state index in [-0.39, 0.29) is 0 Å². The molecule has 0 aromatic carbocycles. The number of thiocarbonyl (C=S) groups is 1. The first-order valence-electron chi connectivity index (χ1n) is 3.21. The van der Waals surface area contributed by atoms with Crippen LogP contribution in [0.4, 0.5) is 0 Å². The molecule has 0 saturated heterocycles. The highest BCUT2D eigenvalue weighted by molar-refractivity contribution is 7.80. The molecule has 0 rings (SSSR count). The van der Waals surface area contributed by atoms with Crippen molar-refractivity contribution in [2.24, 2.45) is 11.5 Å². The molecule has 0 unspecified atom stereocenters. The Hall–Kier alpha value is -0.390. The summed E-state index contributed by atoms with van der Waals surface area (Å²) in [6.45, 7) is 3.09. The second-order valence-corrected chi connectivity index (χ2v) is 2.27. The van der Waals surface area contributed by atoms with Crippen LogP contribution in [0.3, 0.4) is 0 Å². The maximum absolute atomic E-state index is 5.24. The van der Waals surface area contributed by atoms with Crippen LogP contribution in [0.5, 0.6) is 0 Å². The lowest BCUT2D eigenvalue weighted by Gasteiger charge is -2.03. The third-order valence-corrected chi connectivity index (χ3v) is 1.07. The highest BCUT2D eigenvalue weighted by Gasteiger charge is 1.85. The van der Waals surface area contributed by atoms with Crippen LogP contribution >= 0.6 is 12.2 Å². The normalized spacial score (nSPS) is 9.30. The van der Waals surface area contributed by atoms with Crippen molar-refractivity contribution in [1.82, 2.24) is 10.6 Å². The molecule has 0 aromatic heterocycles. The molecule has 0 aliphatic heterocycles. The van der Waals surface area contributed by atoms with Crippen molar-refractivity contribution in [3.05, 3.63) is 0 Å². The average Bonchev–Trinajstić information content (AvgIpc) is 1.87. The monoisotopic (exact) mass is 162 g/mol. The van der Waals surface area contributed by atoms with E-state index in [0.717, 1.165) is 19.6 Å². The number of rotatable bonds is 5. The number of nitrogens with two attached hydrogens (primary N) is 2. The summed E-state index contributed by atoms with van der Waals surface area (Å²) in [5.74, 6) is 0. The quantitative estimate of drug-likeness (QED) is 0.288. The Kier molecular flexibility index (Phi) is 6.46. The molecule has 4 nitrogen and oxygen atoms in total. The van der Waals surface area contributed by atoms with Gasteiger partial charge in [0.05, 0.1) is 0 Å². The van der Waals surface area contributed by atoms with Crippen molar-refractivity contribution in [3.8, 4) is 0 Å². The van der Waals surface area contributed by atoms with Gasteiger partial charge in [0.15, 0.2) is 5.11 Å². The van der Waals surface area contributed by atoms with Gasteiger partial charge in [-0.15, -0.1) is 0 Å².